The van der Waals surface area contributed by atoms with Crippen molar-refractivity contribution in [2.75, 3.05) is 11.9 Å². The molecule has 2 aromatic rings. The third kappa shape index (κ3) is 2.66. The normalized spacial score (nSPS) is 15.3. The van der Waals surface area contributed by atoms with E-state index in [4.69, 9.17) is 0 Å². The number of amides is 2. The van der Waals surface area contributed by atoms with E-state index >= 15 is 0 Å². The Labute approximate surface area is 132 Å². The van der Waals surface area contributed by atoms with Crippen LogP contribution in [0.25, 0.3) is 0 Å². The summed E-state index contributed by atoms with van der Waals surface area (Å²) in [7, 11) is -4.01. The Kier molecular flexibility index (Phi) is 3.57. The summed E-state index contributed by atoms with van der Waals surface area (Å²) in [5.74, 6) is -1.36. The van der Waals surface area contributed by atoms with Crippen molar-refractivity contribution in [2.24, 2.45) is 0 Å². The van der Waals surface area contributed by atoms with Crippen LogP contribution >= 0.6 is 0 Å². The van der Waals surface area contributed by atoms with Crippen LogP contribution in [-0.4, -0.2) is 41.1 Å². The predicted molar refractivity (Wildman–Crippen MR) is 80.1 cm³/mol. The lowest BCUT2D eigenvalue weighted by Crippen LogP contribution is -2.37. The molecule has 9 heteroatoms. The number of nitrogens with one attached hydrogen (secondary N) is 1. The average molecular weight is 332 g/mol. The summed E-state index contributed by atoms with van der Waals surface area (Å²) in [6.07, 6.45) is 1.46. The second-order valence-corrected chi connectivity index (χ2v) is 6.71. The first-order valence-corrected chi connectivity index (χ1v) is 8.09. The maximum atomic E-state index is 12.3. The number of benzene rings is 1. The maximum Gasteiger partial charge on any atom is 0.269 e. The zero-order valence-corrected chi connectivity index (χ0v) is 12.9. The quantitative estimate of drug-likeness (QED) is 0.880. The molecule has 0 saturated carbocycles. The van der Waals surface area contributed by atoms with Crippen LogP contribution in [0.5, 0.6) is 0 Å². The molecule has 1 aromatic carbocycles. The monoisotopic (exact) mass is 332 g/mol. The molecule has 8 nitrogen and oxygen atoms in total. The van der Waals surface area contributed by atoms with Crippen LogP contribution in [0.1, 0.15) is 16.1 Å². The largest absolute Gasteiger partial charge is 0.293 e. The van der Waals surface area contributed by atoms with E-state index in [1.54, 1.807) is 19.1 Å². The van der Waals surface area contributed by atoms with Gasteiger partial charge in [0, 0.05) is 11.9 Å². The van der Waals surface area contributed by atoms with Crippen molar-refractivity contribution in [3.63, 3.8) is 0 Å². The number of hydrogen-bond acceptors (Lipinski definition) is 6. The number of fused-ring (bicyclic) bond motifs is 1. The van der Waals surface area contributed by atoms with Gasteiger partial charge in [0.1, 0.15) is 11.4 Å². The third-order valence-corrected chi connectivity index (χ3v) is 5.03. The molecule has 0 aliphatic carbocycles. The summed E-state index contributed by atoms with van der Waals surface area (Å²) in [5.41, 5.74) is 0.708. The minimum absolute atomic E-state index is 0.0524. The number of aryl methyl sites for hydroxylation is 1. The van der Waals surface area contributed by atoms with E-state index in [1.165, 1.54) is 24.4 Å². The highest BCUT2D eigenvalue weighted by atomic mass is 32.2. The molecule has 23 heavy (non-hydrogen) atoms. The van der Waals surface area contributed by atoms with Gasteiger partial charge in [0.05, 0.1) is 5.56 Å². The number of anilines is 1. The molecule has 1 aliphatic rings. The van der Waals surface area contributed by atoms with Gasteiger partial charge in [-0.15, -0.1) is 0 Å². The fraction of sp³-hybridized carbons (Fsp3) is 0.143. The molecule has 1 N–H and O–H groups in total. The van der Waals surface area contributed by atoms with Crippen LogP contribution in [0.3, 0.4) is 0 Å². The molecule has 118 valence electrons. The molecule has 2 heterocycles. The Bertz CT molecular complexity index is 910. The van der Waals surface area contributed by atoms with Crippen LogP contribution in [0.4, 0.5) is 5.95 Å². The van der Waals surface area contributed by atoms with E-state index in [0.717, 1.165) is 0 Å². The van der Waals surface area contributed by atoms with Gasteiger partial charge in [0.2, 0.25) is 11.9 Å². The Morgan fingerprint density at radius 3 is 2.70 bits per heavy atom. The predicted octanol–water partition coefficient (Wildman–Crippen LogP) is 0.568. The number of carbonyl (C=O) groups excluding carboxylic acids is 2. The topological polar surface area (TPSA) is 109 Å². The van der Waals surface area contributed by atoms with E-state index in [9.17, 15) is 18.0 Å². The molecule has 0 radical (unpaired) electrons. The fourth-order valence-corrected chi connectivity index (χ4v) is 3.72. The zero-order chi connectivity index (χ0) is 16.6. The summed E-state index contributed by atoms with van der Waals surface area (Å²) in [5, 5.41) is 2.38. The SMILES string of the molecule is Cc1ccnc(NC(=O)CN2C(=O)c3ccccc3S2(=O)=O)n1. The smallest absolute Gasteiger partial charge is 0.269 e. The molecule has 0 spiro atoms. The molecule has 2 amide bonds. The van der Waals surface area contributed by atoms with Crippen LogP contribution in [0, 0.1) is 6.92 Å². The third-order valence-electron chi connectivity index (χ3n) is 3.25. The van der Waals surface area contributed by atoms with Gasteiger partial charge in [-0.3, -0.25) is 14.9 Å². The van der Waals surface area contributed by atoms with E-state index in [1.807, 2.05) is 0 Å². The molecule has 1 aliphatic heterocycles. The van der Waals surface area contributed by atoms with Crippen molar-refractivity contribution in [2.45, 2.75) is 11.8 Å². The Hall–Kier alpha value is -2.81. The van der Waals surface area contributed by atoms with Crippen molar-refractivity contribution in [1.82, 2.24) is 14.3 Å². The molecule has 0 saturated heterocycles. The van der Waals surface area contributed by atoms with E-state index < -0.39 is 28.4 Å². The summed E-state index contributed by atoms with van der Waals surface area (Å²) >= 11 is 0. The van der Waals surface area contributed by atoms with Gasteiger partial charge in [0.15, 0.2) is 0 Å². The number of aromatic nitrogens is 2. The van der Waals surface area contributed by atoms with Crippen LogP contribution in [0.2, 0.25) is 0 Å². The first kappa shape index (κ1) is 15.1. The van der Waals surface area contributed by atoms with Crippen molar-refractivity contribution in [1.29, 1.82) is 0 Å². The van der Waals surface area contributed by atoms with Crippen molar-refractivity contribution >= 4 is 27.8 Å². The lowest BCUT2D eigenvalue weighted by atomic mass is 10.2. The number of hydrogen-bond donors (Lipinski definition) is 1. The Morgan fingerprint density at radius 1 is 1.26 bits per heavy atom. The number of rotatable bonds is 3. The highest BCUT2D eigenvalue weighted by Gasteiger charge is 2.41. The first-order chi connectivity index (χ1) is 10.9. The standard InChI is InChI=1S/C14H12N4O4S/c1-9-6-7-15-14(16-9)17-12(19)8-18-13(20)10-4-2-3-5-11(10)23(18,21)22/h2-7H,8H2,1H3,(H,15,16,17,19). The molecule has 1 aromatic heterocycles. The lowest BCUT2D eigenvalue weighted by molar-refractivity contribution is -0.116. The molecular formula is C14H12N4O4S. The highest BCUT2D eigenvalue weighted by molar-refractivity contribution is 7.90. The lowest BCUT2D eigenvalue weighted by Gasteiger charge is -2.14. The molecule has 0 fully saturated rings. The van der Waals surface area contributed by atoms with E-state index in [0.29, 0.717) is 10.00 Å². The summed E-state index contributed by atoms with van der Waals surface area (Å²) in [4.78, 5) is 32.0. The summed E-state index contributed by atoms with van der Waals surface area (Å²) in [6.45, 7) is 1.09. The zero-order valence-electron chi connectivity index (χ0n) is 12.1. The number of carbonyl (C=O) groups is 2. The van der Waals surface area contributed by atoms with Gasteiger partial charge in [-0.1, -0.05) is 12.1 Å². The fourth-order valence-electron chi connectivity index (χ4n) is 2.19. The molecule has 3 rings (SSSR count). The van der Waals surface area contributed by atoms with Crippen molar-refractivity contribution < 1.29 is 18.0 Å². The Morgan fingerprint density at radius 2 is 2.00 bits per heavy atom. The van der Waals surface area contributed by atoms with Gasteiger partial charge in [-0.25, -0.2) is 22.7 Å². The summed E-state index contributed by atoms with van der Waals surface area (Å²) < 4.78 is 25.2. The second kappa shape index (κ2) is 5.43. The molecule has 0 atom stereocenters. The minimum atomic E-state index is -4.01. The van der Waals surface area contributed by atoms with Gasteiger partial charge >= 0.3 is 0 Å². The highest BCUT2D eigenvalue weighted by Crippen LogP contribution is 2.29. The van der Waals surface area contributed by atoms with Gasteiger partial charge in [0.25, 0.3) is 15.9 Å². The van der Waals surface area contributed by atoms with Crippen molar-refractivity contribution in [3.8, 4) is 0 Å². The van der Waals surface area contributed by atoms with Crippen LogP contribution in [0.15, 0.2) is 41.4 Å². The van der Waals surface area contributed by atoms with Gasteiger partial charge in [-0.2, -0.15) is 0 Å². The summed E-state index contributed by atoms with van der Waals surface area (Å²) in [6, 6.07) is 7.49. The maximum absolute atomic E-state index is 12.3. The van der Waals surface area contributed by atoms with E-state index in [2.05, 4.69) is 15.3 Å². The van der Waals surface area contributed by atoms with Gasteiger partial charge in [-0.05, 0) is 25.1 Å². The van der Waals surface area contributed by atoms with Crippen LogP contribution in [-0.2, 0) is 14.8 Å². The van der Waals surface area contributed by atoms with Crippen LogP contribution < -0.4 is 5.32 Å². The molecular weight excluding hydrogens is 320 g/mol. The average Bonchev–Trinajstić information content (AvgIpc) is 2.69. The minimum Gasteiger partial charge on any atom is -0.293 e. The number of sulfonamides is 1. The van der Waals surface area contributed by atoms with E-state index in [-0.39, 0.29) is 16.4 Å². The Balaban J connectivity index is 1.81. The van der Waals surface area contributed by atoms with Gasteiger partial charge < -0.3 is 0 Å². The second-order valence-electron chi connectivity index (χ2n) is 4.88. The van der Waals surface area contributed by atoms with Crippen molar-refractivity contribution in [3.05, 3.63) is 47.8 Å². The first-order valence-electron chi connectivity index (χ1n) is 6.65. The number of nitrogens with zero attached hydrogens (tertiary/aromatic N) is 3. The molecule has 0 unspecified atom stereocenters. The molecule has 0 bridgehead atoms.